The van der Waals surface area contributed by atoms with E-state index in [4.69, 9.17) is 0 Å². The minimum Gasteiger partial charge on any atom is -0.348 e. The maximum Gasteiger partial charge on any atom is 0.241 e. The van der Waals surface area contributed by atoms with Crippen LogP contribution < -0.4 is 10.0 Å². The molecule has 0 fully saturated rings. The molecule has 0 saturated heterocycles. The van der Waals surface area contributed by atoms with Gasteiger partial charge in [-0.1, -0.05) is 12.1 Å². The standard InChI is InChI=1S/C12H15N3O2S/c1-13-7-8-15-18(16,17)12-4-2-3-10-9-14-6-5-11(10)12/h2-6,9,13,15H,7-8H2,1H3/p+1. The van der Waals surface area contributed by atoms with Crippen LogP contribution in [0.25, 0.3) is 10.8 Å². The van der Waals surface area contributed by atoms with E-state index >= 15 is 0 Å². The van der Waals surface area contributed by atoms with Crippen LogP contribution in [0.5, 0.6) is 0 Å². The Morgan fingerprint density at radius 1 is 1.33 bits per heavy atom. The second-order valence-electron chi connectivity index (χ2n) is 3.95. The fourth-order valence-corrected chi connectivity index (χ4v) is 3.02. The summed E-state index contributed by atoms with van der Waals surface area (Å²) in [6.07, 6.45) is 3.26. The third-order valence-corrected chi connectivity index (χ3v) is 4.17. The van der Waals surface area contributed by atoms with Gasteiger partial charge >= 0.3 is 0 Å². The molecule has 1 aromatic carbocycles. The lowest BCUT2D eigenvalue weighted by Gasteiger charge is -2.08. The van der Waals surface area contributed by atoms with Crippen LogP contribution in [0.15, 0.2) is 41.6 Å². The molecule has 0 aliphatic rings. The second kappa shape index (κ2) is 5.43. The van der Waals surface area contributed by atoms with E-state index in [1.165, 1.54) is 0 Å². The number of aromatic nitrogens is 1. The maximum absolute atomic E-state index is 12.2. The smallest absolute Gasteiger partial charge is 0.241 e. The summed E-state index contributed by atoms with van der Waals surface area (Å²) in [5, 5.41) is 3.44. The van der Waals surface area contributed by atoms with Crippen LogP contribution in [0.2, 0.25) is 0 Å². The Labute approximate surface area is 106 Å². The first kappa shape index (κ1) is 12.9. The van der Waals surface area contributed by atoms with E-state index in [9.17, 15) is 8.42 Å². The molecule has 0 atom stereocenters. The highest BCUT2D eigenvalue weighted by atomic mass is 32.2. The Hall–Kier alpha value is -1.50. The average molecular weight is 266 g/mol. The van der Waals surface area contributed by atoms with Crippen molar-refractivity contribution < 1.29 is 13.7 Å². The van der Waals surface area contributed by atoms with Gasteiger partial charge < -0.3 is 5.32 Å². The van der Waals surface area contributed by atoms with Crippen molar-refractivity contribution in [1.29, 1.82) is 0 Å². The minimum atomic E-state index is -3.46. The quantitative estimate of drug-likeness (QED) is 0.730. The second-order valence-corrected chi connectivity index (χ2v) is 5.68. The van der Waals surface area contributed by atoms with E-state index in [1.807, 2.05) is 18.4 Å². The van der Waals surface area contributed by atoms with Gasteiger partial charge in [0.05, 0.1) is 25.0 Å². The van der Waals surface area contributed by atoms with Gasteiger partial charge in [0.15, 0.2) is 0 Å². The van der Waals surface area contributed by atoms with Crippen LogP contribution in [0, 0.1) is 0 Å². The van der Waals surface area contributed by atoms with Crippen molar-refractivity contribution in [2.75, 3.05) is 20.1 Å². The molecule has 0 spiro atoms. The molecule has 96 valence electrons. The largest absolute Gasteiger partial charge is 0.348 e. The van der Waals surface area contributed by atoms with E-state index in [0.717, 1.165) is 5.39 Å². The molecule has 1 aromatic heterocycles. The van der Waals surface area contributed by atoms with Gasteiger partial charge in [0.1, 0.15) is 0 Å². The SMILES string of the molecule is C[NH2+]CCNS(=O)(=O)c1cccc2cnccc12. The Morgan fingerprint density at radius 2 is 2.17 bits per heavy atom. The van der Waals surface area contributed by atoms with Crippen molar-refractivity contribution in [3.05, 3.63) is 36.7 Å². The van der Waals surface area contributed by atoms with E-state index in [1.54, 1.807) is 30.6 Å². The zero-order valence-electron chi connectivity index (χ0n) is 10.1. The van der Waals surface area contributed by atoms with Crippen LogP contribution in [-0.2, 0) is 10.0 Å². The number of hydrogen-bond acceptors (Lipinski definition) is 3. The van der Waals surface area contributed by atoms with Crippen LogP contribution in [0.3, 0.4) is 0 Å². The number of benzene rings is 1. The molecule has 0 amide bonds. The lowest BCUT2D eigenvalue weighted by atomic mass is 10.2. The molecule has 0 aliphatic heterocycles. The van der Waals surface area contributed by atoms with Crippen molar-refractivity contribution in [1.82, 2.24) is 9.71 Å². The van der Waals surface area contributed by atoms with Gasteiger partial charge in [-0.25, -0.2) is 13.1 Å². The zero-order valence-corrected chi connectivity index (χ0v) is 10.9. The summed E-state index contributed by atoms with van der Waals surface area (Å²) >= 11 is 0. The van der Waals surface area contributed by atoms with Gasteiger partial charge in [-0.3, -0.25) is 4.98 Å². The van der Waals surface area contributed by atoms with E-state index < -0.39 is 10.0 Å². The maximum atomic E-state index is 12.2. The summed E-state index contributed by atoms with van der Waals surface area (Å²) in [5.74, 6) is 0. The predicted molar refractivity (Wildman–Crippen MR) is 69.6 cm³/mol. The number of fused-ring (bicyclic) bond motifs is 1. The highest BCUT2D eigenvalue weighted by molar-refractivity contribution is 7.89. The Kier molecular flexibility index (Phi) is 3.90. The number of nitrogens with two attached hydrogens (primary N) is 1. The number of nitrogens with one attached hydrogen (secondary N) is 1. The third-order valence-electron chi connectivity index (χ3n) is 2.66. The number of nitrogens with zero attached hydrogens (tertiary/aromatic N) is 1. The molecule has 18 heavy (non-hydrogen) atoms. The van der Waals surface area contributed by atoms with Gasteiger partial charge in [0.2, 0.25) is 10.0 Å². The highest BCUT2D eigenvalue weighted by Gasteiger charge is 2.16. The number of likely N-dealkylation sites (N-methyl/N-ethyl adjacent to an activating group) is 1. The summed E-state index contributed by atoms with van der Waals surface area (Å²) in [6, 6.07) is 6.90. The Bertz CT molecular complexity index is 635. The number of pyridine rings is 1. The van der Waals surface area contributed by atoms with Crippen molar-refractivity contribution in [2.24, 2.45) is 0 Å². The molecule has 0 radical (unpaired) electrons. The summed E-state index contributed by atoms with van der Waals surface area (Å²) in [7, 11) is -1.56. The van der Waals surface area contributed by atoms with Crippen LogP contribution in [0.1, 0.15) is 0 Å². The monoisotopic (exact) mass is 266 g/mol. The van der Waals surface area contributed by atoms with Crippen molar-refractivity contribution >= 4 is 20.8 Å². The Balaban J connectivity index is 2.41. The fraction of sp³-hybridized carbons (Fsp3) is 0.250. The number of sulfonamides is 1. The summed E-state index contributed by atoms with van der Waals surface area (Å²) in [4.78, 5) is 4.30. The molecule has 0 aliphatic carbocycles. The topological polar surface area (TPSA) is 75.7 Å². The lowest BCUT2D eigenvalue weighted by molar-refractivity contribution is -0.624. The number of quaternary nitrogens is 1. The molecule has 5 nitrogen and oxygen atoms in total. The van der Waals surface area contributed by atoms with Crippen molar-refractivity contribution in [2.45, 2.75) is 4.90 Å². The van der Waals surface area contributed by atoms with E-state index in [2.05, 4.69) is 9.71 Å². The first-order valence-corrected chi connectivity index (χ1v) is 7.23. The highest BCUT2D eigenvalue weighted by Crippen LogP contribution is 2.21. The Morgan fingerprint density at radius 3 is 2.94 bits per heavy atom. The fourth-order valence-electron chi connectivity index (χ4n) is 1.74. The molecular formula is C12H16N3O2S+. The normalized spacial score (nSPS) is 11.8. The lowest BCUT2D eigenvalue weighted by Crippen LogP contribution is -2.81. The third kappa shape index (κ3) is 2.66. The summed E-state index contributed by atoms with van der Waals surface area (Å²) in [6.45, 7) is 1.13. The van der Waals surface area contributed by atoms with E-state index in [-0.39, 0.29) is 0 Å². The summed E-state index contributed by atoms with van der Waals surface area (Å²) in [5.41, 5.74) is 0. The van der Waals surface area contributed by atoms with E-state index in [0.29, 0.717) is 23.4 Å². The van der Waals surface area contributed by atoms with Gasteiger partial charge in [-0.15, -0.1) is 0 Å². The van der Waals surface area contributed by atoms with Crippen LogP contribution in [-0.4, -0.2) is 33.5 Å². The zero-order chi connectivity index (χ0) is 13.0. The molecule has 2 aromatic rings. The van der Waals surface area contributed by atoms with Crippen LogP contribution in [0.4, 0.5) is 0 Å². The van der Waals surface area contributed by atoms with Gasteiger partial charge in [0.25, 0.3) is 0 Å². The molecule has 6 heteroatoms. The predicted octanol–water partition coefficient (Wildman–Crippen LogP) is -0.294. The molecule has 0 bridgehead atoms. The van der Waals surface area contributed by atoms with Gasteiger partial charge in [0, 0.05) is 23.2 Å². The molecular weight excluding hydrogens is 250 g/mol. The molecule has 0 saturated carbocycles. The molecule has 2 rings (SSSR count). The molecule has 3 N–H and O–H groups in total. The minimum absolute atomic E-state index is 0.304. The number of rotatable bonds is 5. The molecule has 1 heterocycles. The van der Waals surface area contributed by atoms with Crippen molar-refractivity contribution in [3.63, 3.8) is 0 Å². The number of hydrogen-bond donors (Lipinski definition) is 2. The van der Waals surface area contributed by atoms with Crippen molar-refractivity contribution in [3.8, 4) is 0 Å². The first-order chi connectivity index (χ1) is 8.65. The average Bonchev–Trinajstić information content (AvgIpc) is 2.38. The summed E-state index contributed by atoms with van der Waals surface area (Å²) < 4.78 is 26.9. The van der Waals surface area contributed by atoms with Crippen LogP contribution >= 0.6 is 0 Å². The van der Waals surface area contributed by atoms with Gasteiger partial charge in [-0.2, -0.15) is 0 Å². The molecule has 0 unspecified atom stereocenters. The first-order valence-electron chi connectivity index (χ1n) is 5.75. The van der Waals surface area contributed by atoms with Gasteiger partial charge in [-0.05, 0) is 12.1 Å².